The number of amides is 1. The molecule has 1 N–H and O–H groups in total. The minimum atomic E-state index is -2.96. The number of nitrogens with one attached hydrogen (secondary N) is 1. The Hall–Kier alpha value is -2.67. The van der Waals surface area contributed by atoms with Gasteiger partial charge < -0.3 is 14.8 Å². The molecule has 7 heteroatoms. The van der Waals surface area contributed by atoms with Crippen molar-refractivity contribution in [2.45, 2.75) is 33.5 Å². The number of nitrogens with zero attached hydrogens (tertiary/aromatic N) is 1. The van der Waals surface area contributed by atoms with Crippen LogP contribution in [0.1, 0.15) is 35.3 Å². The van der Waals surface area contributed by atoms with Crippen LogP contribution in [0.2, 0.25) is 0 Å². The third-order valence-corrected chi connectivity index (χ3v) is 4.42. The largest absolute Gasteiger partial charge is 0.493 e. The highest BCUT2D eigenvalue weighted by molar-refractivity contribution is 5.94. The number of halogens is 2. The number of hydrogen-bond donors (Lipinski definition) is 1. The van der Waals surface area contributed by atoms with Crippen LogP contribution in [0.15, 0.2) is 42.5 Å². The van der Waals surface area contributed by atoms with Crippen molar-refractivity contribution in [1.82, 2.24) is 10.2 Å². The van der Waals surface area contributed by atoms with Crippen LogP contribution in [0, 0.1) is 0 Å². The molecule has 0 aliphatic carbocycles. The molecule has 1 amide bonds. The first-order valence-corrected chi connectivity index (χ1v) is 9.18. The topological polar surface area (TPSA) is 50.8 Å². The summed E-state index contributed by atoms with van der Waals surface area (Å²) < 4.78 is 34.1. The molecule has 0 saturated heterocycles. The molecule has 2 aromatic carbocycles. The molecule has 152 valence electrons. The van der Waals surface area contributed by atoms with Gasteiger partial charge in [0, 0.05) is 18.7 Å². The zero-order chi connectivity index (χ0) is 20.5. The van der Waals surface area contributed by atoms with Crippen molar-refractivity contribution in [3.8, 4) is 11.5 Å². The molecule has 0 bridgehead atoms. The molecule has 2 rings (SSSR count). The summed E-state index contributed by atoms with van der Waals surface area (Å²) in [5.74, 6) is -0.360. The lowest BCUT2D eigenvalue weighted by Gasteiger charge is -2.18. The quantitative estimate of drug-likeness (QED) is 0.662. The monoisotopic (exact) mass is 392 g/mol. The summed E-state index contributed by atoms with van der Waals surface area (Å²) in [6.45, 7) is 4.56. The Bertz CT molecular complexity index is 763. The predicted molar refractivity (Wildman–Crippen MR) is 104 cm³/mol. The predicted octanol–water partition coefficient (Wildman–Crippen LogP) is 4.07. The first kappa shape index (κ1) is 21.6. The molecule has 0 atom stereocenters. The van der Waals surface area contributed by atoms with Gasteiger partial charge in [-0.2, -0.15) is 8.78 Å². The number of alkyl halides is 2. The lowest BCUT2D eigenvalue weighted by Crippen LogP contribution is -2.23. The van der Waals surface area contributed by atoms with E-state index >= 15 is 0 Å². The SMILES string of the molecule is CCN(CC)Cc1ccc(CNC(=O)c2ccc(OC(F)F)c(OC)c2)cc1. The van der Waals surface area contributed by atoms with Crippen molar-refractivity contribution >= 4 is 5.91 Å². The molecule has 0 heterocycles. The average Bonchev–Trinajstić information content (AvgIpc) is 2.71. The maximum absolute atomic E-state index is 12.4. The Morgan fingerprint density at radius 3 is 2.25 bits per heavy atom. The fraction of sp³-hybridized carbons (Fsp3) is 0.381. The molecular formula is C21H26F2N2O3. The second kappa shape index (κ2) is 10.6. The van der Waals surface area contributed by atoms with Crippen molar-refractivity contribution in [3.63, 3.8) is 0 Å². The van der Waals surface area contributed by atoms with Gasteiger partial charge in [0.15, 0.2) is 11.5 Å². The fourth-order valence-corrected chi connectivity index (χ4v) is 2.75. The van der Waals surface area contributed by atoms with Gasteiger partial charge in [-0.3, -0.25) is 9.69 Å². The van der Waals surface area contributed by atoms with E-state index in [1.165, 1.54) is 30.9 Å². The van der Waals surface area contributed by atoms with Gasteiger partial charge in [-0.1, -0.05) is 38.1 Å². The summed E-state index contributed by atoms with van der Waals surface area (Å²) in [6, 6.07) is 12.2. The van der Waals surface area contributed by atoms with Gasteiger partial charge in [-0.25, -0.2) is 0 Å². The lowest BCUT2D eigenvalue weighted by molar-refractivity contribution is -0.0512. The van der Waals surface area contributed by atoms with Gasteiger partial charge in [-0.05, 0) is 42.4 Å². The highest BCUT2D eigenvalue weighted by atomic mass is 19.3. The molecule has 0 fully saturated rings. The molecule has 2 aromatic rings. The normalized spacial score (nSPS) is 11.0. The third kappa shape index (κ3) is 6.20. The second-order valence-corrected chi connectivity index (χ2v) is 6.20. The third-order valence-electron chi connectivity index (χ3n) is 4.42. The summed E-state index contributed by atoms with van der Waals surface area (Å²) in [5.41, 5.74) is 2.50. The highest BCUT2D eigenvalue weighted by Gasteiger charge is 2.14. The van der Waals surface area contributed by atoms with E-state index in [1.807, 2.05) is 12.1 Å². The van der Waals surface area contributed by atoms with Gasteiger partial charge >= 0.3 is 6.61 Å². The standard InChI is InChI=1S/C21H26F2N2O3/c1-4-25(5-2)14-16-8-6-15(7-9-16)13-24-20(26)17-10-11-18(28-21(22)23)19(12-17)27-3/h6-12,21H,4-5,13-14H2,1-3H3,(H,24,26). The Morgan fingerprint density at radius 2 is 1.68 bits per heavy atom. The molecule has 0 unspecified atom stereocenters. The second-order valence-electron chi connectivity index (χ2n) is 6.20. The van der Waals surface area contributed by atoms with Crippen LogP contribution in [0.25, 0.3) is 0 Å². The summed E-state index contributed by atoms with van der Waals surface area (Å²) in [6.07, 6.45) is 0. The summed E-state index contributed by atoms with van der Waals surface area (Å²) in [4.78, 5) is 14.7. The van der Waals surface area contributed by atoms with Gasteiger partial charge in [0.1, 0.15) is 0 Å². The van der Waals surface area contributed by atoms with Gasteiger partial charge in [0.25, 0.3) is 5.91 Å². The number of hydrogen-bond acceptors (Lipinski definition) is 4. The van der Waals surface area contributed by atoms with Gasteiger partial charge in [0.2, 0.25) is 0 Å². The van der Waals surface area contributed by atoms with Crippen LogP contribution < -0.4 is 14.8 Å². The van der Waals surface area contributed by atoms with E-state index in [1.54, 1.807) is 0 Å². The molecule has 0 aromatic heterocycles. The first-order chi connectivity index (χ1) is 13.5. The Morgan fingerprint density at radius 1 is 1.04 bits per heavy atom. The van der Waals surface area contributed by atoms with E-state index in [0.29, 0.717) is 12.1 Å². The fourth-order valence-electron chi connectivity index (χ4n) is 2.75. The van der Waals surface area contributed by atoms with Crippen molar-refractivity contribution in [3.05, 3.63) is 59.2 Å². The molecule has 28 heavy (non-hydrogen) atoms. The van der Waals surface area contributed by atoms with E-state index in [4.69, 9.17) is 4.74 Å². The Balaban J connectivity index is 1.96. The minimum Gasteiger partial charge on any atom is -0.493 e. The Labute approximate surface area is 164 Å². The van der Waals surface area contributed by atoms with Crippen LogP contribution in [0.3, 0.4) is 0 Å². The molecule has 0 spiro atoms. The summed E-state index contributed by atoms with van der Waals surface area (Å²) in [7, 11) is 1.33. The van der Waals surface area contributed by atoms with Crippen LogP contribution in [0.5, 0.6) is 11.5 Å². The number of carbonyl (C=O) groups is 1. The summed E-state index contributed by atoms with van der Waals surface area (Å²) in [5, 5.41) is 2.82. The molecule has 0 saturated carbocycles. The summed E-state index contributed by atoms with van der Waals surface area (Å²) >= 11 is 0. The van der Waals surface area contributed by atoms with E-state index in [-0.39, 0.29) is 17.4 Å². The van der Waals surface area contributed by atoms with Crippen LogP contribution in [-0.4, -0.2) is 37.6 Å². The molecule has 0 aliphatic rings. The highest BCUT2D eigenvalue weighted by Crippen LogP contribution is 2.29. The van der Waals surface area contributed by atoms with Crippen LogP contribution in [-0.2, 0) is 13.1 Å². The number of carbonyl (C=O) groups excluding carboxylic acids is 1. The van der Waals surface area contributed by atoms with Gasteiger partial charge in [-0.15, -0.1) is 0 Å². The Kier molecular flexibility index (Phi) is 8.19. The average molecular weight is 392 g/mol. The van der Waals surface area contributed by atoms with Crippen molar-refractivity contribution in [2.24, 2.45) is 0 Å². The zero-order valence-electron chi connectivity index (χ0n) is 16.4. The molecular weight excluding hydrogens is 366 g/mol. The van der Waals surface area contributed by atoms with Crippen molar-refractivity contribution < 1.29 is 23.0 Å². The zero-order valence-corrected chi connectivity index (χ0v) is 16.4. The maximum Gasteiger partial charge on any atom is 0.387 e. The number of ether oxygens (including phenoxy) is 2. The van der Waals surface area contributed by atoms with E-state index < -0.39 is 6.61 Å². The molecule has 0 aliphatic heterocycles. The van der Waals surface area contributed by atoms with Gasteiger partial charge in [0.05, 0.1) is 7.11 Å². The van der Waals surface area contributed by atoms with Crippen LogP contribution in [0.4, 0.5) is 8.78 Å². The first-order valence-electron chi connectivity index (χ1n) is 9.18. The van der Waals surface area contributed by atoms with Crippen molar-refractivity contribution in [1.29, 1.82) is 0 Å². The van der Waals surface area contributed by atoms with E-state index in [2.05, 4.69) is 40.9 Å². The van der Waals surface area contributed by atoms with E-state index in [9.17, 15) is 13.6 Å². The maximum atomic E-state index is 12.4. The number of rotatable bonds is 10. The smallest absolute Gasteiger partial charge is 0.387 e. The lowest BCUT2D eigenvalue weighted by atomic mass is 10.1. The number of methoxy groups -OCH3 is 1. The van der Waals surface area contributed by atoms with Crippen molar-refractivity contribution in [2.75, 3.05) is 20.2 Å². The van der Waals surface area contributed by atoms with E-state index in [0.717, 1.165) is 25.2 Å². The van der Waals surface area contributed by atoms with Crippen LogP contribution >= 0.6 is 0 Å². The minimum absolute atomic E-state index is 0.0775. The number of benzene rings is 2. The molecule has 5 nitrogen and oxygen atoms in total. The molecule has 0 radical (unpaired) electrons.